The quantitative estimate of drug-likeness (QED) is 0.887. The van der Waals surface area contributed by atoms with Crippen molar-refractivity contribution in [2.75, 3.05) is 18.9 Å². The number of amides is 1. The smallest absolute Gasteiger partial charge is 0.255 e. The van der Waals surface area contributed by atoms with Crippen molar-refractivity contribution in [3.63, 3.8) is 0 Å². The van der Waals surface area contributed by atoms with Crippen molar-refractivity contribution < 1.29 is 9.18 Å². The van der Waals surface area contributed by atoms with Crippen LogP contribution in [0.4, 0.5) is 10.2 Å². The lowest BCUT2D eigenvalue weighted by Crippen LogP contribution is -2.28. The van der Waals surface area contributed by atoms with Crippen LogP contribution in [-0.4, -0.2) is 29.5 Å². The van der Waals surface area contributed by atoms with Crippen LogP contribution in [-0.2, 0) is 0 Å². The van der Waals surface area contributed by atoms with E-state index < -0.39 is 5.82 Å². The van der Waals surface area contributed by atoms with E-state index in [4.69, 9.17) is 0 Å². The summed E-state index contributed by atoms with van der Waals surface area (Å²) in [4.78, 5) is 20.1. The Kier molecular flexibility index (Phi) is 4.62. The van der Waals surface area contributed by atoms with Crippen LogP contribution in [0.15, 0.2) is 23.8 Å². The van der Waals surface area contributed by atoms with E-state index in [0.717, 1.165) is 11.2 Å². The van der Waals surface area contributed by atoms with E-state index in [1.54, 1.807) is 24.6 Å². The van der Waals surface area contributed by atoms with Gasteiger partial charge in [0.1, 0.15) is 11.6 Å². The third kappa shape index (κ3) is 3.30. The van der Waals surface area contributed by atoms with Gasteiger partial charge in [0.15, 0.2) is 0 Å². The first-order valence-corrected chi connectivity index (χ1v) is 7.00. The molecule has 106 valence electrons. The van der Waals surface area contributed by atoms with Crippen LogP contribution in [0.25, 0.3) is 0 Å². The molecule has 5 nitrogen and oxygen atoms in total. The van der Waals surface area contributed by atoms with Gasteiger partial charge >= 0.3 is 0 Å². The van der Waals surface area contributed by atoms with Gasteiger partial charge in [-0.1, -0.05) is 6.92 Å². The molecule has 2 heterocycles. The fourth-order valence-electron chi connectivity index (χ4n) is 1.72. The largest absolute Gasteiger partial charge is 0.372 e. The lowest BCUT2D eigenvalue weighted by atomic mass is 10.2. The Morgan fingerprint density at radius 3 is 2.95 bits per heavy atom. The zero-order valence-electron chi connectivity index (χ0n) is 11.2. The highest BCUT2D eigenvalue weighted by atomic mass is 32.1. The van der Waals surface area contributed by atoms with E-state index in [1.165, 1.54) is 6.07 Å². The third-order valence-corrected chi connectivity index (χ3v) is 3.78. The second kappa shape index (κ2) is 6.42. The molecule has 0 spiro atoms. The summed E-state index contributed by atoms with van der Waals surface area (Å²) in [6, 6.07) is 1.17. The average molecular weight is 294 g/mol. The van der Waals surface area contributed by atoms with Gasteiger partial charge in [0.05, 0.1) is 16.8 Å². The van der Waals surface area contributed by atoms with Gasteiger partial charge in [-0.3, -0.25) is 4.79 Å². The molecule has 2 N–H and O–H groups in total. The first-order chi connectivity index (χ1) is 9.61. The molecule has 2 aromatic heterocycles. The van der Waals surface area contributed by atoms with Gasteiger partial charge in [-0.25, -0.2) is 14.4 Å². The number of pyridine rings is 1. The van der Waals surface area contributed by atoms with Crippen molar-refractivity contribution in [2.45, 2.75) is 12.8 Å². The Labute approximate surface area is 120 Å². The number of carbonyl (C=O) groups excluding carboxylic acids is 1. The number of nitrogens with zero attached hydrogens (tertiary/aromatic N) is 2. The molecule has 1 atom stereocenters. The van der Waals surface area contributed by atoms with Crippen LogP contribution in [0, 0.1) is 5.82 Å². The molecule has 0 radical (unpaired) electrons. The van der Waals surface area contributed by atoms with Crippen LogP contribution < -0.4 is 10.6 Å². The predicted molar refractivity (Wildman–Crippen MR) is 76.6 cm³/mol. The maximum Gasteiger partial charge on any atom is 0.255 e. The van der Waals surface area contributed by atoms with Gasteiger partial charge in [-0.15, -0.1) is 11.3 Å². The van der Waals surface area contributed by atoms with Crippen LogP contribution in [0.3, 0.4) is 0 Å². The first kappa shape index (κ1) is 14.4. The Hall–Kier alpha value is -2.02. The second-order valence-electron chi connectivity index (χ2n) is 4.28. The third-order valence-electron chi connectivity index (χ3n) is 2.78. The summed E-state index contributed by atoms with van der Waals surface area (Å²) in [5, 5.41) is 8.39. The lowest BCUT2D eigenvalue weighted by molar-refractivity contribution is 0.0951. The number of aromatic nitrogens is 2. The first-order valence-electron chi connectivity index (χ1n) is 6.12. The summed E-state index contributed by atoms with van der Waals surface area (Å²) in [6.07, 6.45) is 2.80. The van der Waals surface area contributed by atoms with E-state index in [9.17, 15) is 9.18 Å². The van der Waals surface area contributed by atoms with E-state index in [1.807, 2.05) is 12.3 Å². The van der Waals surface area contributed by atoms with Crippen LogP contribution in [0.5, 0.6) is 0 Å². The molecule has 7 heteroatoms. The summed E-state index contributed by atoms with van der Waals surface area (Å²) in [5.41, 5.74) is 0.193. The highest BCUT2D eigenvalue weighted by molar-refractivity contribution is 7.09. The minimum absolute atomic E-state index is 0.110. The van der Waals surface area contributed by atoms with E-state index in [2.05, 4.69) is 20.6 Å². The topological polar surface area (TPSA) is 66.9 Å². The number of hydrogen-bond acceptors (Lipinski definition) is 5. The fraction of sp³-hybridized carbons (Fsp3) is 0.308. The maximum atomic E-state index is 13.2. The predicted octanol–water partition coefficient (Wildman–Crippen LogP) is 2.25. The fourth-order valence-corrected chi connectivity index (χ4v) is 2.42. The molecule has 0 aromatic carbocycles. The molecule has 20 heavy (non-hydrogen) atoms. The highest BCUT2D eigenvalue weighted by Gasteiger charge is 2.15. The summed E-state index contributed by atoms with van der Waals surface area (Å²) >= 11 is 1.54. The summed E-state index contributed by atoms with van der Waals surface area (Å²) < 4.78 is 13.2. The standard InChI is InChI=1S/C13H15FN4OS/c1-8(13-16-3-4-20-13)6-18-12(19)10-5-9(14)7-17-11(10)15-2/h3-5,7-8H,6H2,1-2H3,(H,15,17)(H,18,19). The molecule has 0 saturated heterocycles. The highest BCUT2D eigenvalue weighted by Crippen LogP contribution is 2.17. The molecule has 0 fully saturated rings. The van der Waals surface area contributed by atoms with Gasteiger partial charge in [0.2, 0.25) is 0 Å². The monoisotopic (exact) mass is 294 g/mol. The van der Waals surface area contributed by atoms with Crippen molar-refractivity contribution >= 4 is 23.1 Å². The molecule has 0 saturated carbocycles. The molecule has 1 unspecified atom stereocenters. The number of nitrogens with one attached hydrogen (secondary N) is 2. The Bertz CT molecular complexity index is 588. The Morgan fingerprint density at radius 1 is 1.50 bits per heavy atom. The number of carbonyl (C=O) groups is 1. The van der Waals surface area contributed by atoms with Gasteiger partial charge < -0.3 is 10.6 Å². The molecule has 0 aliphatic carbocycles. The zero-order chi connectivity index (χ0) is 14.5. The Morgan fingerprint density at radius 2 is 2.30 bits per heavy atom. The van der Waals surface area contributed by atoms with Gasteiger partial charge in [-0.2, -0.15) is 0 Å². The van der Waals surface area contributed by atoms with E-state index in [0.29, 0.717) is 12.4 Å². The zero-order valence-corrected chi connectivity index (χ0v) is 12.0. The molecule has 0 bridgehead atoms. The molecule has 2 rings (SSSR count). The second-order valence-corrected chi connectivity index (χ2v) is 5.21. The molecular weight excluding hydrogens is 279 g/mol. The van der Waals surface area contributed by atoms with Crippen molar-refractivity contribution in [3.8, 4) is 0 Å². The van der Waals surface area contributed by atoms with Crippen LogP contribution in [0.1, 0.15) is 28.2 Å². The van der Waals surface area contributed by atoms with E-state index >= 15 is 0 Å². The Balaban J connectivity index is 2.03. The number of hydrogen-bond donors (Lipinski definition) is 2. The van der Waals surface area contributed by atoms with Crippen molar-refractivity contribution in [2.24, 2.45) is 0 Å². The van der Waals surface area contributed by atoms with Gasteiger partial charge in [-0.05, 0) is 6.07 Å². The van der Waals surface area contributed by atoms with Crippen molar-refractivity contribution in [1.82, 2.24) is 15.3 Å². The number of halogens is 1. The number of rotatable bonds is 5. The van der Waals surface area contributed by atoms with Crippen LogP contribution in [0.2, 0.25) is 0 Å². The summed E-state index contributed by atoms with van der Waals surface area (Å²) in [5.74, 6) is -0.434. The van der Waals surface area contributed by atoms with Crippen molar-refractivity contribution in [1.29, 1.82) is 0 Å². The summed E-state index contributed by atoms with van der Waals surface area (Å²) in [6.45, 7) is 2.41. The average Bonchev–Trinajstić information content (AvgIpc) is 2.98. The number of thiazole rings is 1. The molecular formula is C13H15FN4OS. The SMILES string of the molecule is CNc1ncc(F)cc1C(=O)NCC(C)c1nccs1. The maximum absolute atomic E-state index is 13.2. The summed E-state index contributed by atoms with van der Waals surface area (Å²) in [7, 11) is 1.63. The van der Waals surface area contributed by atoms with Gasteiger partial charge in [0, 0.05) is 31.1 Å². The van der Waals surface area contributed by atoms with Gasteiger partial charge in [0.25, 0.3) is 5.91 Å². The van der Waals surface area contributed by atoms with Crippen LogP contribution >= 0.6 is 11.3 Å². The molecule has 0 aliphatic heterocycles. The molecule has 1 amide bonds. The lowest BCUT2D eigenvalue weighted by Gasteiger charge is -2.12. The van der Waals surface area contributed by atoms with E-state index in [-0.39, 0.29) is 17.4 Å². The molecule has 2 aromatic rings. The molecule has 0 aliphatic rings. The normalized spacial score (nSPS) is 11.9. The minimum atomic E-state index is -0.540. The minimum Gasteiger partial charge on any atom is -0.372 e. The number of anilines is 1. The van der Waals surface area contributed by atoms with Crippen molar-refractivity contribution in [3.05, 3.63) is 40.2 Å².